The molecule has 0 saturated heterocycles. The third kappa shape index (κ3) is 7.17. The summed E-state index contributed by atoms with van der Waals surface area (Å²) in [6.07, 6.45) is 15.1. The number of hydrogen-bond acceptors (Lipinski definition) is 6. The van der Waals surface area contributed by atoms with Crippen molar-refractivity contribution in [3.8, 4) is 45.2 Å². The van der Waals surface area contributed by atoms with Crippen molar-refractivity contribution in [2.24, 2.45) is 0 Å². The fourth-order valence-electron chi connectivity index (χ4n) is 6.09. The number of benzene rings is 4. The van der Waals surface area contributed by atoms with E-state index in [9.17, 15) is 0 Å². The molecule has 8 rings (SSSR count). The van der Waals surface area contributed by atoms with Crippen LogP contribution in [-0.4, -0.2) is 19.9 Å². The first-order valence-electron chi connectivity index (χ1n) is 17.1. The van der Waals surface area contributed by atoms with Gasteiger partial charge in [0.15, 0.2) is 11.6 Å². The summed E-state index contributed by atoms with van der Waals surface area (Å²) in [5.41, 5.74) is 9.71. The molecule has 1 aliphatic carbocycles. The Hall–Kier alpha value is -5.82. The Morgan fingerprint density at radius 1 is 0.596 bits per heavy atom. The minimum atomic E-state index is 0.673. The molecule has 2 aromatic heterocycles. The van der Waals surface area contributed by atoms with Crippen molar-refractivity contribution in [3.05, 3.63) is 192 Å². The van der Waals surface area contributed by atoms with Gasteiger partial charge < -0.3 is 0 Å². The first-order valence-corrected chi connectivity index (χ1v) is 18.8. The Balaban J connectivity index is 1.22. The van der Waals surface area contributed by atoms with Crippen LogP contribution in [0.1, 0.15) is 24.9 Å². The lowest BCUT2D eigenvalue weighted by Gasteiger charge is -2.22. The van der Waals surface area contributed by atoms with Gasteiger partial charge in [-0.3, -0.25) is 0 Å². The maximum absolute atomic E-state index is 5.19. The van der Waals surface area contributed by atoms with Crippen LogP contribution in [0.2, 0.25) is 0 Å². The molecule has 0 spiro atoms. The van der Waals surface area contributed by atoms with Gasteiger partial charge in [0.1, 0.15) is 0 Å². The molecule has 0 saturated carbocycles. The van der Waals surface area contributed by atoms with Crippen LogP contribution in [0.25, 0.3) is 56.3 Å². The van der Waals surface area contributed by atoms with Crippen LogP contribution in [0, 0.1) is 0 Å². The zero-order chi connectivity index (χ0) is 35.3. The van der Waals surface area contributed by atoms with E-state index in [1.54, 1.807) is 23.5 Å². The van der Waals surface area contributed by atoms with Gasteiger partial charge in [0, 0.05) is 47.4 Å². The maximum atomic E-state index is 5.19. The fourth-order valence-corrected chi connectivity index (χ4v) is 8.52. The smallest absolute Gasteiger partial charge is 0.160 e. The summed E-state index contributed by atoms with van der Waals surface area (Å²) < 4.78 is 0. The minimum Gasteiger partial charge on any atom is -0.229 e. The van der Waals surface area contributed by atoms with Crippen LogP contribution < -0.4 is 0 Å². The second kappa shape index (κ2) is 15.2. The van der Waals surface area contributed by atoms with E-state index in [-0.39, 0.29) is 0 Å². The van der Waals surface area contributed by atoms with E-state index in [2.05, 4.69) is 129 Å². The Labute approximate surface area is 313 Å². The van der Waals surface area contributed by atoms with Gasteiger partial charge in [-0.15, -0.1) is 0 Å². The second-order valence-electron chi connectivity index (χ2n) is 12.3. The number of aromatic nitrogens is 4. The molecular weight excluding hydrogens is 673 g/mol. The number of thioether (sulfide) groups is 2. The number of rotatable bonds is 7. The molecule has 0 bridgehead atoms. The highest BCUT2D eigenvalue weighted by Crippen LogP contribution is 2.52. The lowest BCUT2D eigenvalue weighted by molar-refractivity contribution is 1.08. The van der Waals surface area contributed by atoms with E-state index < -0.39 is 0 Å². The molecule has 4 aromatic carbocycles. The number of nitrogens with zero attached hydrogens (tertiary/aromatic N) is 4. The van der Waals surface area contributed by atoms with Crippen LogP contribution in [0.4, 0.5) is 0 Å². The summed E-state index contributed by atoms with van der Waals surface area (Å²) in [5, 5.41) is 0. The first-order chi connectivity index (χ1) is 25.6. The van der Waals surface area contributed by atoms with Gasteiger partial charge in [0.25, 0.3) is 0 Å². The van der Waals surface area contributed by atoms with Crippen molar-refractivity contribution in [3.63, 3.8) is 0 Å². The molecule has 6 heteroatoms. The summed E-state index contributed by atoms with van der Waals surface area (Å²) in [6.45, 7) is 6.17. The Bertz CT molecular complexity index is 2380. The summed E-state index contributed by atoms with van der Waals surface area (Å²) in [6, 6.07) is 41.6. The third-order valence-corrected chi connectivity index (χ3v) is 11.5. The molecule has 0 radical (unpaired) electrons. The Morgan fingerprint density at radius 3 is 1.85 bits per heavy atom. The summed E-state index contributed by atoms with van der Waals surface area (Å²) in [7, 11) is 0. The van der Waals surface area contributed by atoms with Gasteiger partial charge in [0.2, 0.25) is 0 Å². The van der Waals surface area contributed by atoms with E-state index in [1.807, 2.05) is 48.6 Å². The molecule has 0 amide bonds. The predicted molar refractivity (Wildman–Crippen MR) is 219 cm³/mol. The topological polar surface area (TPSA) is 51.6 Å². The molecule has 0 N–H and O–H groups in total. The first kappa shape index (κ1) is 33.3. The number of hydrogen-bond donors (Lipinski definition) is 0. The van der Waals surface area contributed by atoms with E-state index in [0.29, 0.717) is 5.82 Å². The maximum Gasteiger partial charge on any atom is 0.160 e. The molecule has 1 aliphatic heterocycles. The molecule has 4 nitrogen and oxygen atoms in total. The summed E-state index contributed by atoms with van der Waals surface area (Å²) in [5.74, 6) is 1.40. The number of allylic oxidation sites excluding steroid dienone is 9. The largest absolute Gasteiger partial charge is 0.229 e. The summed E-state index contributed by atoms with van der Waals surface area (Å²) >= 11 is 3.56. The highest BCUT2D eigenvalue weighted by atomic mass is 32.2. The third-order valence-electron chi connectivity index (χ3n) is 8.81. The van der Waals surface area contributed by atoms with Gasteiger partial charge in [0.05, 0.1) is 22.8 Å². The van der Waals surface area contributed by atoms with Crippen molar-refractivity contribution in [2.75, 3.05) is 0 Å². The highest BCUT2D eigenvalue weighted by Gasteiger charge is 2.23. The van der Waals surface area contributed by atoms with Gasteiger partial charge >= 0.3 is 0 Å². The minimum absolute atomic E-state index is 0.673. The lowest BCUT2D eigenvalue weighted by Crippen LogP contribution is -2.03. The van der Waals surface area contributed by atoms with E-state index in [4.69, 9.17) is 19.9 Å². The zero-order valence-corrected chi connectivity index (χ0v) is 30.2. The molecule has 250 valence electrons. The van der Waals surface area contributed by atoms with Crippen molar-refractivity contribution in [1.29, 1.82) is 0 Å². The number of fused-ring (bicyclic) bond motifs is 1. The van der Waals surface area contributed by atoms with Crippen molar-refractivity contribution in [1.82, 2.24) is 19.9 Å². The van der Waals surface area contributed by atoms with Crippen molar-refractivity contribution < 1.29 is 0 Å². The van der Waals surface area contributed by atoms with E-state index >= 15 is 0 Å². The SMILES string of the molecule is C=C/C=C1/Sc2ccccc2S/C1=C(/C)c1cc(-c2ccc(-c3nc(-c4ccccc4)cc(-c4ccccc4)n3)cc2)nc(C2=CC=CC=CC2)n1. The van der Waals surface area contributed by atoms with Gasteiger partial charge in [-0.05, 0) is 49.3 Å². The van der Waals surface area contributed by atoms with Gasteiger partial charge in [-0.25, -0.2) is 19.9 Å². The fraction of sp³-hybridized carbons (Fsp3) is 0.0435. The molecule has 0 atom stereocenters. The van der Waals surface area contributed by atoms with E-state index in [0.717, 1.165) is 73.3 Å². The second-order valence-corrected chi connectivity index (χ2v) is 14.5. The van der Waals surface area contributed by atoms with Crippen molar-refractivity contribution >= 4 is 34.7 Å². The lowest BCUT2D eigenvalue weighted by atomic mass is 10.0. The quantitative estimate of drug-likeness (QED) is 0.165. The molecule has 2 aliphatic rings. The molecule has 6 aromatic rings. The highest BCUT2D eigenvalue weighted by molar-refractivity contribution is 8.11. The predicted octanol–water partition coefficient (Wildman–Crippen LogP) is 12.5. The molecule has 3 heterocycles. The van der Waals surface area contributed by atoms with Gasteiger partial charge in [-0.2, -0.15) is 0 Å². The molecule has 0 unspecified atom stereocenters. The average Bonchev–Trinajstić information content (AvgIpc) is 3.51. The molecular formula is C46H34N4S2. The standard InChI is InChI=1S/C46H34N4S2/c1-3-16-43-44(52-42-24-15-14-23-41(42)51-43)31(2)37-29-38(48-45(47-37)35-21-8-4-5-9-22-35)34-25-27-36(28-26-34)46-49-39(32-17-10-6-11-18-32)30-40(50-46)33-19-12-7-13-20-33/h3-21,23-30H,1,22H2,2H3/b43-16+,44-31-. The van der Waals surface area contributed by atoms with Crippen LogP contribution >= 0.6 is 23.5 Å². The van der Waals surface area contributed by atoms with E-state index in [1.165, 1.54) is 14.7 Å². The summed E-state index contributed by atoms with van der Waals surface area (Å²) in [4.78, 5) is 25.2. The van der Waals surface area contributed by atoms with Crippen LogP contribution in [0.15, 0.2) is 190 Å². The zero-order valence-electron chi connectivity index (χ0n) is 28.6. The van der Waals surface area contributed by atoms with Crippen LogP contribution in [-0.2, 0) is 0 Å². The Morgan fingerprint density at radius 2 is 1.17 bits per heavy atom. The molecule has 0 fully saturated rings. The average molecular weight is 707 g/mol. The Kier molecular flexibility index (Phi) is 9.74. The van der Waals surface area contributed by atoms with Crippen LogP contribution in [0.5, 0.6) is 0 Å². The van der Waals surface area contributed by atoms with Crippen molar-refractivity contribution in [2.45, 2.75) is 23.1 Å². The van der Waals surface area contributed by atoms with Gasteiger partial charge in [-0.1, -0.05) is 164 Å². The monoisotopic (exact) mass is 706 g/mol. The van der Waals surface area contributed by atoms with Crippen LogP contribution in [0.3, 0.4) is 0 Å². The molecule has 52 heavy (non-hydrogen) atoms. The normalized spacial score (nSPS) is 15.5.